The minimum absolute atomic E-state index is 0.204. The van der Waals surface area contributed by atoms with Gasteiger partial charge in [-0.2, -0.15) is 5.10 Å². The van der Waals surface area contributed by atoms with Gasteiger partial charge in [-0.1, -0.05) is 5.10 Å². The Morgan fingerprint density at radius 1 is 1.10 bits per heavy atom. The molecule has 2 aliphatic rings. The van der Waals surface area contributed by atoms with Crippen molar-refractivity contribution in [2.24, 2.45) is 0 Å². The number of anilines is 3. The van der Waals surface area contributed by atoms with E-state index in [0.29, 0.717) is 29.3 Å². The van der Waals surface area contributed by atoms with Crippen LogP contribution in [0.4, 0.5) is 17.5 Å². The maximum Gasteiger partial charge on any atom is 0.255 e. The number of fused-ring (bicyclic) bond motifs is 2. The molecule has 3 aromatic heterocycles. The molecule has 2 atom stereocenters. The van der Waals surface area contributed by atoms with Crippen molar-refractivity contribution in [3.8, 4) is 11.3 Å². The number of hydrogen-bond acceptors (Lipinski definition) is 9. The highest BCUT2D eigenvalue weighted by atomic mass is 16.1. The second-order valence-corrected chi connectivity index (χ2v) is 11.4. The lowest BCUT2D eigenvalue weighted by Crippen LogP contribution is -2.55. The summed E-state index contributed by atoms with van der Waals surface area (Å²) in [5.41, 5.74) is 4.02. The molecule has 2 aliphatic heterocycles. The number of nitrogens with one attached hydrogen (secondary N) is 2. The van der Waals surface area contributed by atoms with Crippen molar-refractivity contribution < 1.29 is 4.79 Å². The van der Waals surface area contributed by atoms with Gasteiger partial charge >= 0.3 is 0 Å². The number of hydrogen-bond donors (Lipinski definition) is 2. The third-order valence-electron chi connectivity index (χ3n) is 8.51. The number of H-pyrrole nitrogens is 1. The van der Waals surface area contributed by atoms with E-state index in [2.05, 4.69) is 72.8 Å². The fourth-order valence-corrected chi connectivity index (χ4v) is 5.90. The summed E-state index contributed by atoms with van der Waals surface area (Å²) >= 11 is 0. The Morgan fingerprint density at radius 2 is 1.85 bits per heavy atom. The van der Waals surface area contributed by atoms with Gasteiger partial charge in [-0.15, -0.1) is 0 Å². The highest BCUT2D eigenvalue weighted by Gasteiger charge is 2.41. The van der Waals surface area contributed by atoms with Crippen LogP contribution in [0.5, 0.6) is 0 Å². The van der Waals surface area contributed by atoms with E-state index in [1.807, 2.05) is 63.2 Å². The second-order valence-electron chi connectivity index (χ2n) is 11.4. The number of aromatic nitrogens is 7. The molecule has 12 heteroatoms. The van der Waals surface area contributed by atoms with E-state index in [0.717, 1.165) is 46.8 Å². The summed E-state index contributed by atoms with van der Waals surface area (Å²) in [5.74, 6) is 1.34. The predicted octanol–water partition coefficient (Wildman–Crippen LogP) is 3.24. The molecule has 4 aromatic rings. The van der Waals surface area contributed by atoms with Gasteiger partial charge in [-0.25, -0.2) is 9.67 Å². The third-order valence-corrected chi connectivity index (χ3v) is 8.51. The quantitative estimate of drug-likeness (QED) is 0.401. The summed E-state index contributed by atoms with van der Waals surface area (Å²) in [5, 5.41) is 23.9. The first-order valence-electron chi connectivity index (χ1n) is 13.5. The maximum absolute atomic E-state index is 13.7. The molecule has 0 spiro atoms. The van der Waals surface area contributed by atoms with E-state index < -0.39 is 5.54 Å². The van der Waals surface area contributed by atoms with Gasteiger partial charge < -0.3 is 15.1 Å². The van der Waals surface area contributed by atoms with E-state index in [-0.39, 0.29) is 5.91 Å². The SMILES string of the molecule is CC1=C(C(=O)Nc2ccc3[nH]nc(-c4ccnc(N5C[C@@H](C)N(C)[C@@H](C)C5)c4)c3c2)C(C)(C)n2nnnc2N1C. The standard InChI is InChI=1S/C28H35N11O/c1-16-14-38(15-17(2)36(16)6)23-12-19(10-11-29-23)25-21-13-20(8-9-22(21)31-32-25)30-26(40)24-18(3)37(7)27-33-34-35-39(27)28(24,4)5/h8-13,16-17H,14-15H2,1-7H3,(H,30,40)(H,31,32)/t16-,17+. The molecule has 1 saturated heterocycles. The van der Waals surface area contributed by atoms with Gasteiger partial charge in [0.1, 0.15) is 11.5 Å². The van der Waals surface area contributed by atoms with Crippen LogP contribution in [0.1, 0.15) is 34.6 Å². The molecule has 208 valence electrons. The first-order valence-corrected chi connectivity index (χ1v) is 13.5. The van der Waals surface area contributed by atoms with Crippen LogP contribution in [0.25, 0.3) is 22.2 Å². The van der Waals surface area contributed by atoms with Crippen LogP contribution >= 0.6 is 0 Å². The van der Waals surface area contributed by atoms with Crippen molar-refractivity contribution in [2.45, 2.75) is 52.2 Å². The number of tetrazole rings is 1. The van der Waals surface area contributed by atoms with Gasteiger partial charge in [0, 0.05) is 60.8 Å². The van der Waals surface area contributed by atoms with Crippen LogP contribution in [-0.2, 0) is 10.3 Å². The monoisotopic (exact) mass is 541 g/mol. The fourth-order valence-electron chi connectivity index (χ4n) is 5.90. The number of piperazine rings is 1. The molecule has 1 aromatic carbocycles. The number of allylic oxidation sites excluding steroid dienone is 1. The minimum atomic E-state index is -0.726. The molecule has 1 amide bonds. The minimum Gasteiger partial charge on any atom is -0.353 e. The topological polar surface area (TPSA) is 124 Å². The molecule has 2 N–H and O–H groups in total. The molecule has 1 fully saturated rings. The maximum atomic E-state index is 13.7. The van der Waals surface area contributed by atoms with Crippen molar-refractivity contribution in [1.82, 2.24) is 40.3 Å². The summed E-state index contributed by atoms with van der Waals surface area (Å²) in [6, 6.07) is 10.7. The van der Waals surface area contributed by atoms with E-state index in [1.165, 1.54) is 0 Å². The molecule has 0 bridgehead atoms. The Balaban J connectivity index is 1.30. The van der Waals surface area contributed by atoms with E-state index in [4.69, 9.17) is 0 Å². The van der Waals surface area contributed by atoms with Crippen molar-refractivity contribution in [1.29, 1.82) is 0 Å². The smallest absolute Gasteiger partial charge is 0.255 e. The van der Waals surface area contributed by atoms with Gasteiger partial charge in [0.25, 0.3) is 5.91 Å². The lowest BCUT2D eigenvalue weighted by molar-refractivity contribution is -0.113. The van der Waals surface area contributed by atoms with Crippen LogP contribution in [0, 0.1) is 0 Å². The Hall–Kier alpha value is -4.32. The Labute approximate surface area is 233 Å². The Morgan fingerprint density at radius 3 is 2.60 bits per heavy atom. The Bertz CT molecular complexity index is 1620. The number of carbonyl (C=O) groups excluding carboxylic acids is 1. The average Bonchev–Trinajstić information content (AvgIpc) is 3.58. The summed E-state index contributed by atoms with van der Waals surface area (Å²) in [4.78, 5) is 24.9. The van der Waals surface area contributed by atoms with Gasteiger partial charge in [0.2, 0.25) is 5.95 Å². The highest BCUT2D eigenvalue weighted by molar-refractivity contribution is 6.07. The zero-order chi connectivity index (χ0) is 28.3. The normalized spacial score (nSPS) is 21.2. The number of rotatable bonds is 4. The lowest BCUT2D eigenvalue weighted by atomic mass is 9.89. The van der Waals surface area contributed by atoms with E-state index in [9.17, 15) is 4.79 Å². The van der Waals surface area contributed by atoms with Crippen LogP contribution in [-0.4, -0.2) is 85.5 Å². The summed E-state index contributed by atoms with van der Waals surface area (Å²) in [6.45, 7) is 12.1. The van der Waals surface area contributed by atoms with Gasteiger partial charge in [-0.3, -0.25) is 14.8 Å². The zero-order valence-corrected chi connectivity index (χ0v) is 24.0. The molecule has 12 nitrogen and oxygen atoms in total. The average molecular weight is 542 g/mol. The van der Waals surface area contributed by atoms with E-state index >= 15 is 0 Å². The van der Waals surface area contributed by atoms with Crippen LogP contribution in [0.2, 0.25) is 0 Å². The van der Waals surface area contributed by atoms with Gasteiger partial charge in [0.05, 0.1) is 16.6 Å². The van der Waals surface area contributed by atoms with Crippen LogP contribution in [0.3, 0.4) is 0 Å². The van der Waals surface area contributed by atoms with E-state index in [1.54, 1.807) is 4.68 Å². The van der Waals surface area contributed by atoms with Crippen molar-refractivity contribution in [2.75, 3.05) is 42.3 Å². The molecule has 0 aliphatic carbocycles. The number of carbonyl (C=O) groups is 1. The first kappa shape index (κ1) is 25.9. The molecular formula is C28H35N11O. The number of aromatic amines is 1. The van der Waals surface area contributed by atoms with Gasteiger partial charge in [0.15, 0.2) is 0 Å². The summed E-state index contributed by atoms with van der Waals surface area (Å²) in [6.07, 6.45) is 1.84. The largest absolute Gasteiger partial charge is 0.353 e. The summed E-state index contributed by atoms with van der Waals surface area (Å²) in [7, 11) is 4.04. The molecule has 0 radical (unpaired) electrons. The number of benzene rings is 1. The number of amides is 1. The zero-order valence-electron chi connectivity index (χ0n) is 24.0. The second kappa shape index (κ2) is 9.40. The number of pyridine rings is 1. The summed E-state index contributed by atoms with van der Waals surface area (Å²) < 4.78 is 1.68. The van der Waals surface area contributed by atoms with Gasteiger partial charge in [-0.05, 0) is 82.4 Å². The molecule has 0 unspecified atom stereocenters. The molecule has 0 saturated carbocycles. The van der Waals surface area contributed by atoms with Crippen molar-refractivity contribution in [3.63, 3.8) is 0 Å². The number of nitrogens with zero attached hydrogens (tertiary/aromatic N) is 9. The van der Waals surface area contributed by atoms with Crippen LogP contribution in [0.15, 0.2) is 47.8 Å². The van der Waals surface area contributed by atoms with Crippen molar-refractivity contribution >= 4 is 34.3 Å². The molecule has 6 rings (SSSR count). The highest BCUT2D eigenvalue weighted by Crippen LogP contribution is 2.37. The van der Waals surface area contributed by atoms with Crippen molar-refractivity contribution in [3.05, 3.63) is 47.8 Å². The Kier molecular flexibility index (Phi) is 6.10. The molecule has 40 heavy (non-hydrogen) atoms. The molecule has 5 heterocycles. The lowest BCUT2D eigenvalue weighted by Gasteiger charge is -2.43. The molecular weight excluding hydrogens is 506 g/mol. The predicted molar refractivity (Wildman–Crippen MR) is 155 cm³/mol. The first-order chi connectivity index (χ1) is 19.1. The third kappa shape index (κ3) is 4.10. The number of likely N-dealkylation sites (N-methyl/N-ethyl adjacent to an activating group) is 1. The fraction of sp³-hybridized carbons (Fsp3) is 0.429. The van der Waals surface area contributed by atoms with Crippen LogP contribution < -0.4 is 15.1 Å².